The molecular formula is C21H34O2. The van der Waals surface area contributed by atoms with Crippen LogP contribution in [0.2, 0.25) is 0 Å². The first-order valence-electron chi connectivity index (χ1n) is 10.1. The van der Waals surface area contributed by atoms with Gasteiger partial charge < -0.3 is 5.11 Å². The second-order valence-corrected chi connectivity index (χ2v) is 9.87. The summed E-state index contributed by atoms with van der Waals surface area (Å²) in [7, 11) is 0. The van der Waals surface area contributed by atoms with Crippen LogP contribution in [0.5, 0.6) is 0 Å². The van der Waals surface area contributed by atoms with Gasteiger partial charge in [0.05, 0.1) is 6.10 Å². The lowest BCUT2D eigenvalue weighted by Crippen LogP contribution is -2.54. The molecule has 4 aliphatic carbocycles. The Hall–Kier alpha value is -0.370. The van der Waals surface area contributed by atoms with Gasteiger partial charge >= 0.3 is 0 Å². The first-order valence-corrected chi connectivity index (χ1v) is 10.1. The quantitative estimate of drug-likeness (QED) is 0.767. The molecule has 1 N–H and O–H groups in total. The van der Waals surface area contributed by atoms with Crippen molar-refractivity contribution in [2.75, 3.05) is 0 Å². The molecule has 4 rings (SSSR count). The number of aliphatic hydroxyl groups is 1. The minimum atomic E-state index is -0.152. The third-order valence-corrected chi connectivity index (χ3v) is 9.14. The summed E-state index contributed by atoms with van der Waals surface area (Å²) in [5, 5.41) is 10.3. The Bertz CT molecular complexity index is 498. The Balaban J connectivity index is 1.61. The number of carbonyl (C=O) groups is 1. The van der Waals surface area contributed by atoms with E-state index in [1.807, 2.05) is 6.92 Å². The number of hydrogen-bond acceptors (Lipinski definition) is 2. The minimum absolute atomic E-state index is 0.152. The van der Waals surface area contributed by atoms with Crippen LogP contribution < -0.4 is 0 Å². The summed E-state index contributed by atoms with van der Waals surface area (Å²) in [4.78, 5) is 11.9. The molecule has 0 aromatic rings. The minimum Gasteiger partial charge on any atom is -0.393 e. The lowest BCUT2D eigenvalue weighted by molar-refractivity contribution is -0.141. The SMILES string of the molecule is CC(O)C1CC[C@H]2[C@@H]3CC[C@H]4CC(=O)CC[C@]4(C)[C@H]3CC[C@]12C. The monoisotopic (exact) mass is 318 g/mol. The summed E-state index contributed by atoms with van der Waals surface area (Å²) < 4.78 is 0. The van der Waals surface area contributed by atoms with Gasteiger partial charge in [-0.3, -0.25) is 4.79 Å². The van der Waals surface area contributed by atoms with Crippen molar-refractivity contribution < 1.29 is 9.90 Å². The van der Waals surface area contributed by atoms with Crippen LogP contribution in [0.1, 0.15) is 78.6 Å². The molecule has 2 heteroatoms. The molecule has 0 radical (unpaired) electrons. The van der Waals surface area contributed by atoms with Crippen molar-refractivity contribution in [3.8, 4) is 0 Å². The van der Waals surface area contributed by atoms with E-state index in [-0.39, 0.29) is 6.10 Å². The fourth-order valence-corrected chi connectivity index (χ4v) is 7.88. The van der Waals surface area contributed by atoms with Gasteiger partial charge in [0, 0.05) is 12.8 Å². The summed E-state index contributed by atoms with van der Waals surface area (Å²) >= 11 is 0. The molecule has 0 aromatic carbocycles. The molecule has 0 aromatic heterocycles. The molecule has 4 aliphatic rings. The highest BCUT2D eigenvalue weighted by Crippen LogP contribution is 2.67. The average molecular weight is 319 g/mol. The number of carbonyl (C=O) groups excluding carboxylic acids is 1. The van der Waals surface area contributed by atoms with Crippen molar-refractivity contribution in [1.29, 1.82) is 0 Å². The van der Waals surface area contributed by atoms with E-state index in [2.05, 4.69) is 13.8 Å². The number of aliphatic hydroxyl groups excluding tert-OH is 1. The summed E-state index contributed by atoms with van der Waals surface area (Å²) in [6.07, 6.45) is 10.5. The average Bonchev–Trinajstić information content (AvgIpc) is 2.85. The smallest absolute Gasteiger partial charge is 0.133 e. The number of rotatable bonds is 1. The van der Waals surface area contributed by atoms with Gasteiger partial charge in [-0.05, 0) is 92.3 Å². The molecule has 8 atom stereocenters. The fourth-order valence-electron chi connectivity index (χ4n) is 7.88. The highest BCUT2D eigenvalue weighted by molar-refractivity contribution is 5.79. The molecule has 0 bridgehead atoms. The lowest BCUT2D eigenvalue weighted by Gasteiger charge is -2.60. The van der Waals surface area contributed by atoms with Gasteiger partial charge in [0.15, 0.2) is 0 Å². The molecule has 4 saturated carbocycles. The molecule has 0 amide bonds. The van der Waals surface area contributed by atoms with Crippen LogP contribution in [-0.2, 0) is 4.79 Å². The first-order chi connectivity index (χ1) is 10.9. The van der Waals surface area contributed by atoms with Gasteiger partial charge in [-0.2, -0.15) is 0 Å². The van der Waals surface area contributed by atoms with Crippen molar-refractivity contribution in [3.63, 3.8) is 0 Å². The van der Waals surface area contributed by atoms with Crippen LogP contribution in [0, 0.1) is 40.4 Å². The van der Waals surface area contributed by atoms with E-state index >= 15 is 0 Å². The predicted octanol–water partition coefficient (Wildman–Crippen LogP) is 4.60. The number of Topliss-reactive ketones (excluding diaryl/α,β-unsaturated/α-hetero) is 1. The van der Waals surface area contributed by atoms with Crippen molar-refractivity contribution >= 4 is 5.78 Å². The van der Waals surface area contributed by atoms with E-state index < -0.39 is 0 Å². The largest absolute Gasteiger partial charge is 0.393 e. The molecule has 4 fully saturated rings. The van der Waals surface area contributed by atoms with Crippen LogP contribution in [0.15, 0.2) is 0 Å². The van der Waals surface area contributed by atoms with E-state index in [4.69, 9.17) is 0 Å². The Kier molecular flexibility index (Phi) is 3.72. The van der Waals surface area contributed by atoms with Gasteiger partial charge in [0.25, 0.3) is 0 Å². The number of ketones is 1. The topological polar surface area (TPSA) is 37.3 Å². The van der Waals surface area contributed by atoms with Gasteiger partial charge in [0.2, 0.25) is 0 Å². The van der Waals surface area contributed by atoms with E-state index in [0.29, 0.717) is 28.4 Å². The molecule has 0 saturated heterocycles. The second kappa shape index (κ2) is 5.31. The highest BCUT2D eigenvalue weighted by Gasteiger charge is 2.60. The summed E-state index contributed by atoms with van der Waals surface area (Å²) in [5.74, 6) is 4.18. The third-order valence-electron chi connectivity index (χ3n) is 9.14. The van der Waals surface area contributed by atoms with Crippen molar-refractivity contribution in [2.45, 2.75) is 84.7 Å². The van der Waals surface area contributed by atoms with Gasteiger partial charge in [-0.15, -0.1) is 0 Å². The van der Waals surface area contributed by atoms with Gasteiger partial charge in [0.1, 0.15) is 5.78 Å². The maximum Gasteiger partial charge on any atom is 0.133 e. The molecule has 2 unspecified atom stereocenters. The Morgan fingerprint density at radius 1 is 1.00 bits per heavy atom. The highest BCUT2D eigenvalue weighted by atomic mass is 16.3. The van der Waals surface area contributed by atoms with E-state index in [1.165, 1.54) is 38.5 Å². The van der Waals surface area contributed by atoms with E-state index in [9.17, 15) is 9.90 Å². The fraction of sp³-hybridized carbons (Fsp3) is 0.952. The Morgan fingerprint density at radius 2 is 1.74 bits per heavy atom. The Morgan fingerprint density at radius 3 is 2.48 bits per heavy atom. The third kappa shape index (κ3) is 2.19. The summed E-state index contributed by atoms with van der Waals surface area (Å²) in [6, 6.07) is 0. The van der Waals surface area contributed by atoms with Crippen LogP contribution >= 0.6 is 0 Å². The molecule has 0 spiro atoms. The molecule has 2 nitrogen and oxygen atoms in total. The first kappa shape index (κ1) is 16.1. The molecular weight excluding hydrogens is 284 g/mol. The summed E-state index contributed by atoms with van der Waals surface area (Å²) in [5.41, 5.74) is 0.782. The van der Waals surface area contributed by atoms with Crippen LogP contribution in [-0.4, -0.2) is 17.0 Å². The zero-order valence-corrected chi connectivity index (χ0v) is 15.2. The van der Waals surface area contributed by atoms with Crippen molar-refractivity contribution in [3.05, 3.63) is 0 Å². The van der Waals surface area contributed by atoms with Crippen LogP contribution in [0.3, 0.4) is 0 Å². The van der Waals surface area contributed by atoms with Crippen LogP contribution in [0.4, 0.5) is 0 Å². The summed E-state index contributed by atoms with van der Waals surface area (Å²) in [6.45, 7) is 7.01. The zero-order valence-electron chi connectivity index (χ0n) is 15.2. The molecule has 130 valence electrons. The number of fused-ring (bicyclic) bond motifs is 5. The van der Waals surface area contributed by atoms with Crippen molar-refractivity contribution in [1.82, 2.24) is 0 Å². The van der Waals surface area contributed by atoms with E-state index in [0.717, 1.165) is 37.0 Å². The van der Waals surface area contributed by atoms with E-state index in [1.54, 1.807) is 0 Å². The normalized spacial score (nSPS) is 54.1. The number of hydrogen-bond donors (Lipinski definition) is 1. The molecule has 0 aliphatic heterocycles. The maximum absolute atomic E-state index is 11.9. The zero-order chi connectivity index (χ0) is 16.4. The Labute approximate surface area is 141 Å². The standard InChI is InChI=1S/C21H34O2/c1-13(22)17-6-7-18-16-5-4-14-12-15(23)8-10-20(14,2)19(16)9-11-21(17,18)3/h13-14,16-19,22H,4-12H2,1-3H3/t13?,14-,16-,17?,18-,19-,20-,21+/m0/s1. The lowest BCUT2D eigenvalue weighted by atomic mass is 9.44. The predicted molar refractivity (Wildman–Crippen MR) is 91.9 cm³/mol. The van der Waals surface area contributed by atoms with Gasteiger partial charge in [-0.1, -0.05) is 13.8 Å². The van der Waals surface area contributed by atoms with Crippen LogP contribution in [0.25, 0.3) is 0 Å². The van der Waals surface area contributed by atoms with Gasteiger partial charge in [-0.25, -0.2) is 0 Å². The molecule has 0 heterocycles. The molecule has 23 heavy (non-hydrogen) atoms. The van der Waals surface area contributed by atoms with Crippen molar-refractivity contribution in [2.24, 2.45) is 40.4 Å². The maximum atomic E-state index is 11.9. The second-order valence-electron chi connectivity index (χ2n) is 9.87.